The van der Waals surface area contributed by atoms with Crippen LogP contribution in [0.25, 0.3) is 16.6 Å². The lowest BCUT2D eigenvalue weighted by atomic mass is 10.2. The standard InChI is InChI=1S/C15H12ClNO/c1-18-15-5-3-2-4-13(15)17-9-8-11-6-7-12(16)10-14(11)17/h2-10H,1H3. The van der Waals surface area contributed by atoms with E-state index >= 15 is 0 Å². The van der Waals surface area contributed by atoms with E-state index in [-0.39, 0.29) is 0 Å². The average Bonchev–Trinajstić information content (AvgIpc) is 2.81. The molecule has 0 N–H and O–H groups in total. The van der Waals surface area contributed by atoms with Crippen molar-refractivity contribution in [2.45, 2.75) is 0 Å². The van der Waals surface area contributed by atoms with E-state index in [0.717, 1.165) is 27.4 Å². The summed E-state index contributed by atoms with van der Waals surface area (Å²) < 4.78 is 7.48. The molecule has 0 amide bonds. The van der Waals surface area contributed by atoms with Gasteiger partial charge in [0.15, 0.2) is 0 Å². The molecule has 0 aliphatic carbocycles. The molecule has 90 valence electrons. The Balaban J connectivity index is 2.28. The summed E-state index contributed by atoms with van der Waals surface area (Å²) in [6.07, 6.45) is 2.03. The number of ether oxygens (including phenoxy) is 1. The molecular formula is C15H12ClNO. The van der Waals surface area contributed by atoms with Gasteiger partial charge in [0, 0.05) is 16.6 Å². The van der Waals surface area contributed by atoms with Crippen LogP contribution in [0.2, 0.25) is 5.02 Å². The molecular weight excluding hydrogens is 246 g/mol. The smallest absolute Gasteiger partial charge is 0.142 e. The molecule has 3 rings (SSSR count). The molecule has 1 heterocycles. The van der Waals surface area contributed by atoms with Crippen molar-refractivity contribution in [3.05, 3.63) is 59.8 Å². The van der Waals surface area contributed by atoms with Crippen LogP contribution in [0.5, 0.6) is 5.75 Å². The molecule has 0 aliphatic rings. The number of hydrogen-bond acceptors (Lipinski definition) is 1. The highest BCUT2D eigenvalue weighted by Gasteiger charge is 2.07. The van der Waals surface area contributed by atoms with Gasteiger partial charge in [-0.3, -0.25) is 0 Å². The zero-order chi connectivity index (χ0) is 12.5. The topological polar surface area (TPSA) is 14.2 Å². The molecule has 0 saturated carbocycles. The molecule has 0 unspecified atom stereocenters. The second kappa shape index (κ2) is 4.39. The van der Waals surface area contributed by atoms with Crippen molar-refractivity contribution in [2.75, 3.05) is 7.11 Å². The first kappa shape index (κ1) is 11.2. The fraction of sp³-hybridized carbons (Fsp3) is 0.0667. The first-order chi connectivity index (χ1) is 8.79. The lowest BCUT2D eigenvalue weighted by molar-refractivity contribution is 0.413. The van der Waals surface area contributed by atoms with Crippen LogP contribution < -0.4 is 4.74 Å². The molecule has 0 bridgehead atoms. The molecule has 0 spiro atoms. The highest BCUT2D eigenvalue weighted by molar-refractivity contribution is 6.31. The van der Waals surface area contributed by atoms with Gasteiger partial charge in [0.25, 0.3) is 0 Å². The normalized spacial score (nSPS) is 10.8. The summed E-state index contributed by atoms with van der Waals surface area (Å²) >= 11 is 6.06. The predicted octanol–water partition coefficient (Wildman–Crippen LogP) is 4.29. The number of para-hydroxylation sites is 2. The minimum absolute atomic E-state index is 0.734. The Labute approximate surface area is 110 Å². The van der Waals surface area contributed by atoms with Gasteiger partial charge in [0.05, 0.1) is 18.3 Å². The van der Waals surface area contributed by atoms with Crippen molar-refractivity contribution < 1.29 is 4.74 Å². The van der Waals surface area contributed by atoms with Gasteiger partial charge in [0.1, 0.15) is 5.75 Å². The van der Waals surface area contributed by atoms with Gasteiger partial charge in [-0.05, 0) is 30.3 Å². The fourth-order valence-electron chi connectivity index (χ4n) is 2.14. The van der Waals surface area contributed by atoms with Crippen LogP contribution >= 0.6 is 11.6 Å². The molecule has 0 atom stereocenters. The van der Waals surface area contributed by atoms with Crippen LogP contribution in [0.15, 0.2) is 54.7 Å². The van der Waals surface area contributed by atoms with Gasteiger partial charge in [-0.2, -0.15) is 0 Å². The Morgan fingerprint density at radius 1 is 1.06 bits per heavy atom. The fourth-order valence-corrected chi connectivity index (χ4v) is 2.31. The van der Waals surface area contributed by atoms with Gasteiger partial charge in [-0.1, -0.05) is 29.8 Å². The third-order valence-electron chi connectivity index (χ3n) is 3.00. The number of methoxy groups -OCH3 is 1. The number of rotatable bonds is 2. The molecule has 0 saturated heterocycles. The van der Waals surface area contributed by atoms with E-state index in [1.807, 2.05) is 48.7 Å². The van der Waals surface area contributed by atoms with E-state index in [9.17, 15) is 0 Å². The maximum absolute atomic E-state index is 6.06. The summed E-state index contributed by atoms with van der Waals surface area (Å²) in [5, 5.41) is 1.89. The third-order valence-corrected chi connectivity index (χ3v) is 3.23. The number of fused-ring (bicyclic) bond motifs is 1. The number of halogens is 1. The lowest BCUT2D eigenvalue weighted by Gasteiger charge is -2.10. The Kier molecular flexibility index (Phi) is 2.73. The van der Waals surface area contributed by atoms with Gasteiger partial charge in [-0.25, -0.2) is 0 Å². The van der Waals surface area contributed by atoms with Gasteiger partial charge >= 0.3 is 0 Å². The Morgan fingerprint density at radius 3 is 2.72 bits per heavy atom. The zero-order valence-corrected chi connectivity index (χ0v) is 10.7. The number of aromatic nitrogens is 1. The second-order valence-electron chi connectivity index (χ2n) is 4.06. The van der Waals surface area contributed by atoms with Crippen LogP contribution in [0, 0.1) is 0 Å². The van der Waals surface area contributed by atoms with E-state index in [0.29, 0.717) is 0 Å². The first-order valence-corrected chi connectivity index (χ1v) is 6.07. The summed E-state index contributed by atoms with van der Waals surface area (Å²) in [5.41, 5.74) is 2.09. The minimum Gasteiger partial charge on any atom is -0.495 e. The van der Waals surface area contributed by atoms with Crippen molar-refractivity contribution >= 4 is 22.5 Å². The maximum atomic E-state index is 6.06. The largest absolute Gasteiger partial charge is 0.495 e. The molecule has 2 aromatic carbocycles. The number of nitrogens with zero attached hydrogens (tertiary/aromatic N) is 1. The molecule has 3 aromatic rings. The summed E-state index contributed by atoms with van der Waals surface area (Å²) in [7, 11) is 1.68. The van der Waals surface area contributed by atoms with Crippen molar-refractivity contribution in [3.8, 4) is 11.4 Å². The summed E-state index contributed by atoms with van der Waals surface area (Å²) in [5.74, 6) is 0.843. The van der Waals surface area contributed by atoms with Crippen LogP contribution in [-0.4, -0.2) is 11.7 Å². The van der Waals surface area contributed by atoms with E-state index < -0.39 is 0 Å². The van der Waals surface area contributed by atoms with E-state index in [1.54, 1.807) is 7.11 Å². The summed E-state index contributed by atoms with van der Waals surface area (Å²) in [6.45, 7) is 0. The van der Waals surface area contributed by atoms with Crippen molar-refractivity contribution in [3.63, 3.8) is 0 Å². The lowest BCUT2D eigenvalue weighted by Crippen LogP contribution is -1.95. The monoisotopic (exact) mass is 257 g/mol. The molecule has 3 heteroatoms. The Bertz CT molecular complexity index is 703. The highest BCUT2D eigenvalue weighted by Crippen LogP contribution is 2.28. The van der Waals surface area contributed by atoms with Crippen molar-refractivity contribution in [1.29, 1.82) is 0 Å². The Morgan fingerprint density at radius 2 is 1.89 bits per heavy atom. The van der Waals surface area contributed by atoms with Crippen LogP contribution in [0.4, 0.5) is 0 Å². The van der Waals surface area contributed by atoms with E-state index in [4.69, 9.17) is 16.3 Å². The van der Waals surface area contributed by atoms with Gasteiger partial charge in [0.2, 0.25) is 0 Å². The zero-order valence-electron chi connectivity index (χ0n) is 9.93. The molecule has 18 heavy (non-hydrogen) atoms. The molecule has 1 aromatic heterocycles. The van der Waals surface area contributed by atoms with Crippen LogP contribution in [0.3, 0.4) is 0 Å². The second-order valence-corrected chi connectivity index (χ2v) is 4.50. The van der Waals surface area contributed by atoms with E-state index in [1.165, 1.54) is 0 Å². The number of hydrogen-bond donors (Lipinski definition) is 0. The van der Waals surface area contributed by atoms with Crippen molar-refractivity contribution in [2.24, 2.45) is 0 Å². The quantitative estimate of drug-likeness (QED) is 0.668. The van der Waals surface area contributed by atoms with Crippen LogP contribution in [-0.2, 0) is 0 Å². The predicted molar refractivity (Wildman–Crippen MR) is 74.8 cm³/mol. The van der Waals surface area contributed by atoms with Gasteiger partial charge < -0.3 is 9.30 Å². The third kappa shape index (κ3) is 1.75. The van der Waals surface area contributed by atoms with E-state index in [2.05, 4.69) is 10.6 Å². The Hall–Kier alpha value is -1.93. The molecule has 0 fully saturated rings. The maximum Gasteiger partial charge on any atom is 0.142 e. The summed E-state index contributed by atoms with van der Waals surface area (Å²) in [6, 6.07) is 15.9. The highest BCUT2D eigenvalue weighted by atomic mass is 35.5. The van der Waals surface area contributed by atoms with Crippen LogP contribution in [0.1, 0.15) is 0 Å². The SMILES string of the molecule is COc1ccccc1-n1ccc2ccc(Cl)cc21. The van der Waals surface area contributed by atoms with Crippen molar-refractivity contribution in [1.82, 2.24) is 4.57 Å². The molecule has 0 aliphatic heterocycles. The number of benzene rings is 2. The first-order valence-electron chi connectivity index (χ1n) is 5.69. The van der Waals surface area contributed by atoms with Gasteiger partial charge in [-0.15, -0.1) is 0 Å². The average molecular weight is 258 g/mol. The molecule has 0 radical (unpaired) electrons. The summed E-state index contributed by atoms with van der Waals surface area (Å²) in [4.78, 5) is 0. The molecule has 2 nitrogen and oxygen atoms in total. The minimum atomic E-state index is 0.734.